The normalized spacial score (nSPS) is 17.7. The van der Waals surface area contributed by atoms with E-state index >= 15 is 0 Å². The summed E-state index contributed by atoms with van der Waals surface area (Å²) < 4.78 is 25.2. The zero-order chi connectivity index (χ0) is 18.6. The third-order valence-corrected chi connectivity index (χ3v) is 7.10. The first-order valence-corrected chi connectivity index (χ1v) is 10.6. The monoisotopic (exact) mass is 386 g/mol. The van der Waals surface area contributed by atoms with Crippen LogP contribution in [-0.4, -0.2) is 85.5 Å². The first-order valence-electron chi connectivity index (χ1n) is 8.32. The molecule has 0 bridgehead atoms. The number of aromatic nitrogens is 1. The van der Waals surface area contributed by atoms with Crippen molar-refractivity contribution in [3.05, 3.63) is 18.3 Å². The van der Waals surface area contributed by atoms with Gasteiger partial charge in [-0.15, -0.1) is 0 Å². The fraction of sp³-hybridized carbons (Fsp3) is 0.625. The molecule has 1 fully saturated rings. The minimum atomic E-state index is -3.48. The smallest absolute Gasteiger partial charge is 0.244 e. The molecule has 1 atom stereocenters. The highest BCUT2D eigenvalue weighted by Gasteiger charge is 2.25. The number of sulfonamides is 1. The zero-order valence-corrected chi connectivity index (χ0v) is 16.8. The van der Waals surface area contributed by atoms with Gasteiger partial charge in [-0.25, -0.2) is 17.7 Å². The largest absolute Gasteiger partial charge is 0.339 e. The number of thioether (sulfide) groups is 1. The van der Waals surface area contributed by atoms with Crippen LogP contribution in [0.3, 0.4) is 0 Å². The molecule has 0 aliphatic carbocycles. The number of hydrogen-bond acceptors (Lipinski definition) is 6. The summed E-state index contributed by atoms with van der Waals surface area (Å²) in [6.45, 7) is 8.34. The second-order valence-corrected chi connectivity index (χ2v) is 9.65. The zero-order valence-electron chi connectivity index (χ0n) is 15.2. The van der Waals surface area contributed by atoms with Gasteiger partial charge in [0, 0.05) is 46.5 Å². The molecule has 140 valence electrons. The Morgan fingerprint density at radius 2 is 1.92 bits per heavy atom. The summed E-state index contributed by atoms with van der Waals surface area (Å²) in [6.07, 6.45) is 1.34. The van der Waals surface area contributed by atoms with Crippen LogP contribution in [0, 0.1) is 0 Å². The van der Waals surface area contributed by atoms with Crippen molar-refractivity contribution in [1.29, 1.82) is 0 Å². The quantitative estimate of drug-likeness (QED) is 0.679. The molecule has 2 rings (SSSR count). The van der Waals surface area contributed by atoms with Gasteiger partial charge in [-0.3, -0.25) is 4.79 Å². The third kappa shape index (κ3) is 4.93. The molecule has 25 heavy (non-hydrogen) atoms. The van der Waals surface area contributed by atoms with E-state index in [4.69, 9.17) is 0 Å². The Morgan fingerprint density at radius 1 is 1.28 bits per heavy atom. The molecule has 1 aromatic rings. The number of amides is 1. The van der Waals surface area contributed by atoms with Crippen LogP contribution < -0.4 is 0 Å². The van der Waals surface area contributed by atoms with E-state index in [9.17, 15) is 13.2 Å². The average molecular weight is 387 g/mol. The molecule has 0 aromatic carbocycles. The van der Waals surface area contributed by atoms with Gasteiger partial charge in [-0.1, -0.05) is 18.7 Å². The van der Waals surface area contributed by atoms with Crippen LogP contribution in [0.15, 0.2) is 28.3 Å². The van der Waals surface area contributed by atoms with Crippen molar-refractivity contribution in [2.24, 2.45) is 0 Å². The molecule has 9 heteroatoms. The first kappa shape index (κ1) is 20.2. The molecule has 0 N–H and O–H groups in total. The van der Waals surface area contributed by atoms with Crippen LogP contribution in [0.2, 0.25) is 0 Å². The molecular weight excluding hydrogens is 360 g/mol. The van der Waals surface area contributed by atoms with Crippen molar-refractivity contribution in [3.63, 3.8) is 0 Å². The van der Waals surface area contributed by atoms with Gasteiger partial charge in [0.2, 0.25) is 15.9 Å². The average Bonchev–Trinajstić information content (AvgIpc) is 2.61. The molecule has 0 radical (unpaired) electrons. The third-order valence-electron chi connectivity index (χ3n) is 4.26. The van der Waals surface area contributed by atoms with Crippen molar-refractivity contribution in [2.75, 3.05) is 46.8 Å². The van der Waals surface area contributed by atoms with Crippen molar-refractivity contribution in [1.82, 2.24) is 19.1 Å². The summed E-state index contributed by atoms with van der Waals surface area (Å²) >= 11 is 1.36. The minimum absolute atomic E-state index is 0.104. The van der Waals surface area contributed by atoms with E-state index < -0.39 is 10.0 Å². The van der Waals surface area contributed by atoms with Crippen molar-refractivity contribution < 1.29 is 13.2 Å². The van der Waals surface area contributed by atoms with Crippen LogP contribution in [0.4, 0.5) is 0 Å². The molecule has 1 unspecified atom stereocenters. The molecule has 1 amide bonds. The van der Waals surface area contributed by atoms with Gasteiger partial charge < -0.3 is 9.80 Å². The molecule has 1 aromatic heterocycles. The van der Waals surface area contributed by atoms with E-state index in [-0.39, 0.29) is 16.1 Å². The fourth-order valence-corrected chi connectivity index (χ4v) is 4.29. The predicted molar refractivity (Wildman–Crippen MR) is 99.1 cm³/mol. The van der Waals surface area contributed by atoms with Gasteiger partial charge in [0.05, 0.1) is 10.3 Å². The van der Waals surface area contributed by atoms with Gasteiger partial charge >= 0.3 is 0 Å². The van der Waals surface area contributed by atoms with E-state index in [1.54, 1.807) is 6.07 Å². The second kappa shape index (κ2) is 8.48. The van der Waals surface area contributed by atoms with Crippen LogP contribution in [0.25, 0.3) is 0 Å². The lowest BCUT2D eigenvalue weighted by Crippen LogP contribution is -2.50. The number of rotatable bonds is 6. The highest BCUT2D eigenvalue weighted by Crippen LogP contribution is 2.24. The minimum Gasteiger partial charge on any atom is -0.339 e. The lowest BCUT2D eigenvalue weighted by molar-refractivity contribution is -0.132. The maximum Gasteiger partial charge on any atom is 0.244 e. The Morgan fingerprint density at radius 3 is 2.40 bits per heavy atom. The fourth-order valence-electron chi connectivity index (χ4n) is 2.57. The van der Waals surface area contributed by atoms with Crippen molar-refractivity contribution >= 4 is 27.7 Å². The second-order valence-electron chi connectivity index (χ2n) is 6.14. The Hall–Kier alpha value is -1.16. The Kier molecular flexibility index (Phi) is 6.84. The van der Waals surface area contributed by atoms with Crippen LogP contribution >= 0.6 is 11.8 Å². The number of carbonyl (C=O) groups is 1. The lowest BCUT2D eigenvalue weighted by atomic mass is 10.3. The van der Waals surface area contributed by atoms with Crippen LogP contribution in [0.1, 0.15) is 13.8 Å². The summed E-state index contributed by atoms with van der Waals surface area (Å²) in [7, 11) is -0.515. The summed E-state index contributed by atoms with van der Waals surface area (Å²) in [6, 6.07) is 3.18. The SMILES string of the molecule is CCN1CCN(C(=O)C(C)Sc2ccc(S(=O)(=O)N(C)C)cn2)CC1. The molecule has 2 heterocycles. The molecule has 1 saturated heterocycles. The summed E-state index contributed by atoms with van der Waals surface area (Å²) in [5.74, 6) is 0.104. The molecular formula is C16H26N4O3S2. The van der Waals surface area contributed by atoms with Crippen LogP contribution in [0.5, 0.6) is 0 Å². The van der Waals surface area contributed by atoms with Crippen molar-refractivity contribution in [2.45, 2.75) is 29.0 Å². The first-order chi connectivity index (χ1) is 11.8. The number of pyridine rings is 1. The Labute approximate surface area is 154 Å². The molecule has 1 aliphatic heterocycles. The highest BCUT2D eigenvalue weighted by atomic mass is 32.2. The van der Waals surface area contributed by atoms with Crippen LogP contribution in [-0.2, 0) is 14.8 Å². The standard InChI is InChI=1S/C16H26N4O3S2/c1-5-19-8-10-20(11-9-19)16(21)13(2)24-15-7-6-14(12-17-15)25(22,23)18(3)4/h6-7,12-13H,5,8-11H2,1-4H3. The molecule has 0 saturated carbocycles. The van der Waals surface area contributed by atoms with Gasteiger partial charge in [0.25, 0.3) is 0 Å². The Bertz CT molecular complexity index is 684. The predicted octanol–water partition coefficient (Wildman–Crippen LogP) is 0.977. The van der Waals surface area contributed by atoms with E-state index in [1.807, 2.05) is 11.8 Å². The summed E-state index contributed by atoms with van der Waals surface area (Å²) in [4.78, 5) is 21.1. The van der Waals surface area contributed by atoms with E-state index in [0.29, 0.717) is 5.03 Å². The number of hydrogen-bond donors (Lipinski definition) is 0. The maximum atomic E-state index is 12.6. The molecule has 1 aliphatic rings. The van der Waals surface area contributed by atoms with Crippen molar-refractivity contribution in [3.8, 4) is 0 Å². The van der Waals surface area contributed by atoms with Gasteiger partial charge in [-0.2, -0.15) is 0 Å². The summed E-state index contributed by atoms with van der Waals surface area (Å²) in [5.41, 5.74) is 0. The van der Waals surface area contributed by atoms with E-state index in [2.05, 4.69) is 16.8 Å². The Balaban J connectivity index is 1.96. The molecule has 7 nitrogen and oxygen atoms in total. The van der Waals surface area contributed by atoms with Gasteiger partial charge in [0.1, 0.15) is 4.90 Å². The van der Waals surface area contributed by atoms with E-state index in [0.717, 1.165) is 37.0 Å². The number of likely N-dealkylation sites (N-methyl/N-ethyl adjacent to an activating group) is 1. The maximum absolute atomic E-state index is 12.6. The molecule has 0 spiro atoms. The highest BCUT2D eigenvalue weighted by molar-refractivity contribution is 8.00. The van der Waals surface area contributed by atoms with Gasteiger partial charge in [-0.05, 0) is 25.6 Å². The number of carbonyl (C=O) groups excluding carboxylic acids is 1. The lowest BCUT2D eigenvalue weighted by Gasteiger charge is -2.35. The topological polar surface area (TPSA) is 73.8 Å². The number of nitrogens with zero attached hydrogens (tertiary/aromatic N) is 4. The van der Waals surface area contributed by atoms with E-state index in [1.165, 1.54) is 38.1 Å². The van der Waals surface area contributed by atoms with Gasteiger partial charge in [0.15, 0.2) is 0 Å². The summed E-state index contributed by atoms with van der Waals surface area (Å²) in [5, 5.41) is 0.391. The number of piperazine rings is 1.